The fraction of sp³-hybridized carbons (Fsp3) is 0.372. The predicted octanol–water partition coefficient (Wildman–Crippen LogP) is 11.6. The number of nitrogens with zero attached hydrogens (tertiary/aromatic N) is 3. The average molecular weight is 656 g/mol. The van der Waals surface area contributed by atoms with E-state index >= 15 is 0 Å². The van der Waals surface area contributed by atoms with Gasteiger partial charge in [0.1, 0.15) is 11.5 Å². The van der Waals surface area contributed by atoms with Crippen LogP contribution >= 0.6 is 0 Å². The van der Waals surface area contributed by atoms with Crippen molar-refractivity contribution in [2.75, 3.05) is 13.2 Å². The summed E-state index contributed by atoms with van der Waals surface area (Å²) >= 11 is 0. The van der Waals surface area contributed by atoms with Crippen molar-refractivity contribution in [1.29, 1.82) is 0 Å². The maximum atomic E-state index is 11.3. The third kappa shape index (κ3) is 7.80. The van der Waals surface area contributed by atoms with Gasteiger partial charge in [0.05, 0.1) is 18.8 Å². The fourth-order valence-electron chi connectivity index (χ4n) is 6.70. The second kappa shape index (κ2) is 16.1. The first-order valence-corrected chi connectivity index (χ1v) is 18.2. The van der Waals surface area contributed by atoms with Gasteiger partial charge in [-0.1, -0.05) is 127 Å². The van der Waals surface area contributed by atoms with E-state index in [1.54, 1.807) is 6.07 Å². The van der Waals surface area contributed by atoms with Crippen LogP contribution in [0, 0.1) is 11.8 Å². The summed E-state index contributed by atoms with van der Waals surface area (Å²) in [5.41, 5.74) is 1.40. The van der Waals surface area contributed by atoms with Gasteiger partial charge in [0, 0.05) is 11.6 Å². The van der Waals surface area contributed by atoms with E-state index in [4.69, 9.17) is 24.4 Å². The van der Waals surface area contributed by atoms with E-state index in [0.717, 1.165) is 60.2 Å². The molecule has 2 unspecified atom stereocenters. The molecular weight excluding hydrogens is 606 g/mol. The van der Waals surface area contributed by atoms with Crippen molar-refractivity contribution in [2.45, 2.75) is 79.1 Å². The van der Waals surface area contributed by atoms with Crippen LogP contribution < -0.4 is 9.47 Å². The summed E-state index contributed by atoms with van der Waals surface area (Å²) < 4.78 is 12.5. The summed E-state index contributed by atoms with van der Waals surface area (Å²) in [7, 11) is 0. The number of aromatic nitrogens is 3. The number of hydrogen-bond donors (Lipinski definition) is 1. The van der Waals surface area contributed by atoms with Crippen LogP contribution in [0.4, 0.5) is 0 Å². The quantitative estimate of drug-likeness (QED) is 0.105. The van der Waals surface area contributed by atoms with E-state index < -0.39 is 0 Å². The van der Waals surface area contributed by atoms with Crippen LogP contribution in [0.25, 0.3) is 55.1 Å². The highest BCUT2D eigenvalue weighted by Crippen LogP contribution is 2.39. The molecule has 6 nitrogen and oxygen atoms in total. The van der Waals surface area contributed by atoms with Crippen LogP contribution in [0.5, 0.6) is 17.5 Å². The molecule has 0 saturated carbocycles. The predicted molar refractivity (Wildman–Crippen MR) is 202 cm³/mol. The summed E-state index contributed by atoms with van der Waals surface area (Å²) in [5, 5.41) is 18.2. The molecule has 49 heavy (non-hydrogen) atoms. The Morgan fingerprint density at radius 2 is 1.18 bits per heavy atom. The van der Waals surface area contributed by atoms with E-state index in [2.05, 4.69) is 88.4 Å². The Morgan fingerprint density at radius 1 is 0.571 bits per heavy atom. The van der Waals surface area contributed by atoms with Gasteiger partial charge in [0.15, 0.2) is 11.6 Å². The molecule has 0 bridgehead atoms. The summed E-state index contributed by atoms with van der Waals surface area (Å²) in [5.74, 6) is 2.47. The Morgan fingerprint density at radius 3 is 1.86 bits per heavy atom. The first-order valence-electron chi connectivity index (χ1n) is 18.2. The minimum absolute atomic E-state index is 0.0611. The molecule has 6 rings (SSSR count). The van der Waals surface area contributed by atoms with Gasteiger partial charge in [-0.25, -0.2) is 4.98 Å². The van der Waals surface area contributed by atoms with Crippen LogP contribution in [0.15, 0.2) is 84.9 Å². The maximum Gasteiger partial charge on any atom is 0.320 e. The number of phenolic OH excluding ortho intramolecular Hbond substituents is 1. The van der Waals surface area contributed by atoms with Gasteiger partial charge in [-0.2, -0.15) is 9.97 Å². The molecule has 1 heterocycles. The van der Waals surface area contributed by atoms with Crippen LogP contribution in [0.3, 0.4) is 0 Å². The number of aromatic hydroxyl groups is 1. The van der Waals surface area contributed by atoms with Gasteiger partial charge < -0.3 is 14.6 Å². The highest BCUT2D eigenvalue weighted by molar-refractivity contribution is 6.20. The molecule has 6 aromatic rings. The SMILES string of the molecule is CCCCC(CC)COc1ccc(-c2nc(OCC(CC)CCCC)nc(-c3cc4c5ccccc5ccc4c4ccccc34)n2)c(O)c1. The molecule has 1 aromatic heterocycles. The van der Waals surface area contributed by atoms with E-state index in [1.165, 1.54) is 29.0 Å². The lowest BCUT2D eigenvalue weighted by Crippen LogP contribution is -2.13. The van der Waals surface area contributed by atoms with Gasteiger partial charge in [-0.15, -0.1) is 0 Å². The lowest BCUT2D eigenvalue weighted by Gasteiger charge is -2.17. The molecule has 6 heteroatoms. The van der Waals surface area contributed by atoms with E-state index in [1.807, 2.05) is 18.2 Å². The number of fused-ring (bicyclic) bond motifs is 5. The minimum Gasteiger partial charge on any atom is -0.507 e. The van der Waals surface area contributed by atoms with E-state index in [9.17, 15) is 5.11 Å². The van der Waals surface area contributed by atoms with Crippen LogP contribution in [0.2, 0.25) is 0 Å². The molecule has 0 spiro atoms. The van der Waals surface area contributed by atoms with Gasteiger partial charge in [-0.3, -0.25) is 0 Å². The molecule has 1 N–H and O–H groups in total. The molecule has 0 amide bonds. The monoisotopic (exact) mass is 655 g/mol. The van der Waals surface area contributed by atoms with Crippen LogP contribution in [-0.4, -0.2) is 33.3 Å². The normalized spacial score (nSPS) is 12.8. The first-order chi connectivity index (χ1) is 24.0. The molecule has 0 aliphatic rings. The smallest absolute Gasteiger partial charge is 0.320 e. The summed E-state index contributed by atoms with van der Waals surface area (Å²) in [4.78, 5) is 14.7. The van der Waals surface area contributed by atoms with E-state index in [-0.39, 0.29) is 11.8 Å². The molecule has 2 atom stereocenters. The van der Waals surface area contributed by atoms with Crippen molar-refractivity contribution in [3.05, 3.63) is 84.9 Å². The Bertz CT molecular complexity index is 2020. The lowest BCUT2D eigenvalue weighted by molar-refractivity contribution is 0.217. The van der Waals surface area contributed by atoms with Crippen molar-refractivity contribution < 1.29 is 14.6 Å². The van der Waals surface area contributed by atoms with Gasteiger partial charge in [0.25, 0.3) is 0 Å². The Labute approximate surface area is 290 Å². The van der Waals surface area contributed by atoms with Gasteiger partial charge in [0.2, 0.25) is 0 Å². The average Bonchev–Trinajstić information content (AvgIpc) is 3.14. The maximum absolute atomic E-state index is 11.3. The Kier molecular flexibility index (Phi) is 11.2. The molecule has 0 saturated heterocycles. The van der Waals surface area contributed by atoms with Crippen LogP contribution in [-0.2, 0) is 0 Å². The number of unbranched alkanes of at least 4 members (excludes halogenated alkanes) is 2. The molecular formula is C43H49N3O3. The van der Waals surface area contributed by atoms with Crippen molar-refractivity contribution in [1.82, 2.24) is 15.0 Å². The molecule has 0 fully saturated rings. The number of phenols is 1. The standard InChI is InChI=1S/C43H49N3O3/c1-5-9-15-29(7-3)27-48-32-22-24-37(40(47)25-32)41-44-42(46-43(45-41)49-28-30(8-4)16-10-6-2)39-26-38-33-18-12-11-17-31(33)21-23-36(38)34-19-13-14-20-35(34)39/h11-14,17-26,29-30,47H,5-10,15-16,27-28H2,1-4H3. The van der Waals surface area contributed by atoms with Crippen LogP contribution in [0.1, 0.15) is 79.1 Å². The number of ether oxygens (including phenoxy) is 2. The topological polar surface area (TPSA) is 77.4 Å². The summed E-state index contributed by atoms with van der Waals surface area (Å²) in [6, 6.07) is 29.1. The molecule has 0 radical (unpaired) electrons. The Balaban J connectivity index is 1.44. The zero-order chi connectivity index (χ0) is 34.2. The van der Waals surface area contributed by atoms with Crippen molar-refractivity contribution in [2.24, 2.45) is 11.8 Å². The van der Waals surface area contributed by atoms with Gasteiger partial charge >= 0.3 is 6.01 Å². The first kappa shape index (κ1) is 34.2. The molecule has 5 aromatic carbocycles. The second-order valence-corrected chi connectivity index (χ2v) is 13.3. The summed E-state index contributed by atoms with van der Waals surface area (Å²) in [6.07, 6.45) is 9.00. The third-order valence-corrected chi connectivity index (χ3v) is 9.85. The second-order valence-electron chi connectivity index (χ2n) is 13.3. The Hall–Kier alpha value is -4.71. The zero-order valence-electron chi connectivity index (χ0n) is 29.4. The molecule has 0 aliphatic heterocycles. The fourth-order valence-corrected chi connectivity index (χ4v) is 6.70. The lowest BCUT2D eigenvalue weighted by atomic mass is 9.93. The third-order valence-electron chi connectivity index (χ3n) is 9.85. The van der Waals surface area contributed by atoms with Gasteiger partial charge in [-0.05, 0) is 75.2 Å². The highest BCUT2D eigenvalue weighted by atomic mass is 16.5. The number of rotatable bonds is 16. The minimum atomic E-state index is 0.0611. The highest BCUT2D eigenvalue weighted by Gasteiger charge is 2.19. The van der Waals surface area contributed by atoms with Crippen molar-refractivity contribution in [3.63, 3.8) is 0 Å². The molecule has 254 valence electrons. The van der Waals surface area contributed by atoms with Crippen molar-refractivity contribution >= 4 is 32.3 Å². The number of benzene rings is 5. The van der Waals surface area contributed by atoms with E-state index in [0.29, 0.717) is 48.0 Å². The zero-order valence-corrected chi connectivity index (χ0v) is 29.4. The summed E-state index contributed by atoms with van der Waals surface area (Å²) in [6.45, 7) is 9.99. The molecule has 0 aliphatic carbocycles. The number of hydrogen-bond acceptors (Lipinski definition) is 6. The van der Waals surface area contributed by atoms with Crippen molar-refractivity contribution in [3.8, 4) is 40.3 Å². The largest absolute Gasteiger partial charge is 0.507 e.